The van der Waals surface area contributed by atoms with Crippen molar-refractivity contribution >= 4 is 44.6 Å². The lowest BCUT2D eigenvalue weighted by atomic mass is 9.86. The summed E-state index contributed by atoms with van der Waals surface area (Å²) in [5.74, 6) is 0.577. The highest BCUT2D eigenvalue weighted by molar-refractivity contribution is 7.89. The van der Waals surface area contributed by atoms with Crippen molar-refractivity contribution in [3.8, 4) is 0 Å². The number of nitrogens with zero attached hydrogens (tertiary/aromatic N) is 1. The van der Waals surface area contributed by atoms with Crippen LogP contribution < -0.4 is 10.6 Å². The van der Waals surface area contributed by atoms with E-state index in [-0.39, 0.29) is 9.92 Å². The van der Waals surface area contributed by atoms with E-state index in [0.29, 0.717) is 22.8 Å². The fourth-order valence-electron chi connectivity index (χ4n) is 2.84. The Balaban J connectivity index is 2.11. The predicted octanol–water partition coefficient (Wildman–Crippen LogP) is 3.46. The third-order valence-corrected chi connectivity index (χ3v) is 6.89. The summed E-state index contributed by atoms with van der Waals surface area (Å²) in [5.41, 5.74) is 0.598. The number of thiocarbonyl (C=S) groups is 1. The molecule has 24 heavy (non-hydrogen) atoms. The van der Waals surface area contributed by atoms with Crippen molar-refractivity contribution in [2.45, 2.75) is 43.5 Å². The van der Waals surface area contributed by atoms with Gasteiger partial charge in [-0.1, -0.05) is 31.4 Å². The van der Waals surface area contributed by atoms with E-state index in [0.717, 1.165) is 10.7 Å². The molecule has 1 aliphatic carbocycles. The predicted molar refractivity (Wildman–Crippen MR) is 103 cm³/mol. The zero-order chi connectivity index (χ0) is 17.9. The molecule has 0 unspecified atom stereocenters. The van der Waals surface area contributed by atoms with Gasteiger partial charge in [-0.3, -0.25) is 0 Å². The molecule has 1 aromatic carbocycles. The number of anilines is 1. The molecule has 134 valence electrons. The second-order valence-electron chi connectivity index (χ2n) is 6.40. The number of benzene rings is 1. The van der Waals surface area contributed by atoms with Crippen LogP contribution in [0, 0.1) is 5.92 Å². The van der Waals surface area contributed by atoms with Gasteiger partial charge in [0.2, 0.25) is 10.0 Å². The number of hydrogen-bond donors (Lipinski definition) is 2. The Hall–Kier alpha value is -0.890. The van der Waals surface area contributed by atoms with Gasteiger partial charge < -0.3 is 10.6 Å². The molecule has 2 atom stereocenters. The largest absolute Gasteiger partial charge is 0.359 e. The third-order valence-electron chi connectivity index (χ3n) is 4.38. The minimum atomic E-state index is -3.60. The average Bonchev–Trinajstić information content (AvgIpc) is 2.51. The molecule has 1 saturated carbocycles. The highest BCUT2D eigenvalue weighted by Crippen LogP contribution is 2.27. The van der Waals surface area contributed by atoms with E-state index in [1.54, 1.807) is 12.1 Å². The minimum Gasteiger partial charge on any atom is -0.359 e. The smallest absolute Gasteiger partial charge is 0.244 e. The van der Waals surface area contributed by atoms with Crippen LogP contribution in [0.3, 0.4) is 0 Å². The highest BCUT2D eigenvalue weighted by Gasteiger charge is 2.23. The van der Waals surface area contributed by atoms with Crippen LogP contribution in [0.25, 0.3) is 0 Å². The Kier molecular flexibility index (Phi) is 6.47. The van der Waals surface area contributed by atoms with Crippen LogP contribution in [0.4, 0.5) is 5.69 Å². The van der Waals surface area contributed by atoms with Gasteiger partial charge >= 0.3 is 0 Å². The van der Waals surface area contributed by atoms with Gasteiger partial charge in [0, 0.05) is 25.8 Å². The molecule has 8 heteroatoms. The summed E-state index contributed by atoms with van der Waals surface area (Å²) in [4.78, 5) is 0.0630. The SMILES string of the molecule is C[C@H]1CCCC[C@H]1NC(=S)Nc1ccc(Cl)c(S(=O)(=O)N(C)C)c1. The van der Waals surface area contributed by atoms with Gasteiger partial charge in [0.15, 0.2) is 5.11 Å². The molecule has 0 saturated heterocycles. The lowest BCUT2D eigenvalue weighted by Gasteiger charge is -2.30. The topological polar surface area (TPSA) is 61.4 Å². The zero-order valence-corrected chi connectivity index (χ0v) is 16.6. The third kappa shape index (κ3) is 4.59. The quantitative estimate of drug-likeness (QED) is 0.772. The first kappa shape index (κ1) is 19.4. The van der Waals surface area contributed by atoms with Crippen molar-refractivity contribution in [3.63, 3.8) is 0 Å². The van der Waals surface area contributed by atoms with Gasteiger partial charge in [-0.25, -0.2) is 12.7 Å². The van der Waals surface area contributed by atoms with Crippen LogP contribution in [0.5, 0.6) is 0 Å². The molecule has 0 spiro atoms. The fourth-order valence-corrected chi connectivity index (χ4v) is 4.50. The lowest BCUT2D eigenvalue weighted by Crippen LogP contribution is -2.43. The molecule has 1 fully saturated rings. The molecule has 0 heterocycles. The number of sulfonamides is 1. The van der Waals surface area contributed by atoms with Crippen molar-refractivity contribution in [2.75, 3.05) is 19.4 Å². The van der Waals surface area contributed by atoms with Gasteiger partial charge in [-0.05, 0) is 49.2 Å². The molecule has 0 radical (unpaired) electrons. The van der Waals surface area contributed by atoms with Crippen LogP contribution in [-0.4, -0.2) is 38.0 Å². The first-order chi connectivity index (χ1) is 11.2. The highest BCUT2D eigenvalue weighted by atomic mass is 35.5. The van der Waals surface area contributed by atoms with Crippen LogP contribution in [0.2, 0.25) is 5.02 Å². The van der Waals surface area contributed by atoms with E-state index in [4.69, 9.17) is 23.8 Å². The number of halogens is 1. The summed E-state index contributed by atoms with van der Waals surface area (Å²) >= 11 is 11.4. The van der Waals surface area contributed by atoms with E-state index >= 15 is 0 Å². The number of rotatable bonds is 4. The van der Waals surface area contributed by atoms with Gasteiger partial charge in [-0.2, -0.15) is 0 Å². The van der Waals surface area contributed by atoms with E-state index in [1.165, 1.54) is 39.4 Å². The molecular weight excluding hydrogens is 366 g/mol. The Bertz CT molecular complexity index is 707. The van der Waals surface area contributed by atoms with Crippen LogP contribution in [0.15, 0.2) is 23.1 Å². The monoisotopic (exact) mass is 389 g/mol. The molecule has 0 amide bonds. The summed E-state index contributed by atoms with van der Waals surface area (Å²) < 4.78 is 25.8. The normalized spacial score (nSPS) is 21.5. The molecule has 2 rings (SSSR count). The van der Waals surface area contributed by atoms with E-state index in [1.807, 2.05) is 0 Å². The summed E-state index contributed by atoms with van der Waals surface area (Å²) in [6, 6.07) is 5.15. The maximum atomic E-state index is 12.3. The second-order valence-corrected chi connectivity index (χ2v) is 9.34. The Morgan fingerprint density at radius 1 is 1.29 bits per heavy atom. The molecule has 0 aromatic heterocycles. The van der Waals surface area contributed by atoms with Crippen molar-refractivity contribution < 1.29 is 8.42 Å². The minimum absolute atomic E-state index is 0.0630. The second kappa shape index (κ2) is 7.99. The average molecular weight is 390 g/mol. The van der Waals surface area contributed by atoms with Crippen molar-refractivity contribution in [1.82, 2.24) is 9.62 Å². The van der Waals surface area contributed by atoms with E-state index in [2.05, 4.69) is 17.6 Å². The van der Waals surface area contributed by atoms with Gasteiger partial charge in [0.05, 0.1) is 5.02 Å². The van der Waals surface area contributed by atoms with Crippen molar-refractivity contribution in [2.24, 2.45) is 5.92 Å². The zero-order valence-electron chi connectivity index (χ0n) is 14.2. The lowest BCUT2D eigenvalue weighted by molar-refractivity contribution is 0.309. The van der Waals surface area contributed by atoms with Gasteiger partial charge in [-0.15, -0.1) is 0 Å². The Morgan fingerprint density at radius 3 is 2.58 bits per heavy atom. The Labute approximate surface area is 154 Å². The first-order valence-corrected chi connectivity index (χ1v) is 10.2. The maximum Gasteiger partial charge on any atom is 0.244 e. The summed E-state index contributed by atoms with van der Waals surface area (Å²) in [6.07, 6.45) is 4.77. The van der Waals surface area contributed by atoms with Crippen LogP contribution in [0.1, 0.15) is 32.6 Å². The van der Waals surface area contributed by atoms with E-state index in [9.17, 15) is 8.42 Å². The van der Waals surface area contributed by atoms with Crippen molar-refractivity contribution in [1.29, 1.82) is 0 Å². The number of hydrogen-bond acceptors (Lipinski definition) is 3. The molecule has 1 aromatic rings. The molecule has 1 aliphatic rings. The van der Waals surface area contributed by atoms with Crippen LogP contribution in [-0.2, 0) is 10.0 Å². The molecular formula is C16H24ClN3O2S2. The van der Waals surface area contributed by atoms with Gasteiger partial charge in [0.1, 0.15) is 4.90 Å². The van der Waals surface area contributed by atoms with Gasteiger partial charge in [0.25, 0.3) is 0 Å². The number of nitrogens with one attached hydrogen (secondary N) is 2. The molecule has 2 N–H and O–H groups in total. The van der Waals surface area contributed by atoms with E-state index < -0.39 is 10.0 Å². The summed E-state index contributed by atoms with van der Waals surface area (Å²) in [6.45, 7) is 2.23. The summed E-state index contributed by atoms with van der Waals surface area (Å²) in [7, 11) is -0.655. The van der Waals surface area contributed by atoms with Crippen LogP contribution >= 0.6 is 23.8 Å². The molecule has 5 nitrogen and oxygen atoms in total. The molecule has 0 aliphatic heterocycles. The van der Waals surface area contributed by atoms with Crippen molar-refractivity contribution in [3.05, 3.63) is 23.2 Å². The summed E-state index contributed by atoms with van der Waals surface area (Å²) in [5, 5.41) is 7.10. The maximum absolute atomic E-state index is 12.3. The fraction of sp³-hybridized carbons (Fsp3) is 0.562. The molecule has 0 bridgehead atoms. The standard InChI is InChI=1S/C16H24ClN3O2S2/c1-11-6-4-5-7-14(11)19-16(23)18-12-8-9-13(17)15(10-12)24(21,22)20(2)3/h8-11,14H,4-7H2,1-3H3,(H2,18,19,23)/t11-,14+/m0/s1. The first-order valence-electron chi connectivity index (χ1n) is 8.01. The Morgan fingerprint density at radius 2 is 1.96 bits per heavy atom.